The van der Waals surface area contributed by atoms with Crippen molar-refractivity contribution in [3.8, 4) is 5.75 Å². The van der Waals surface area contributed by atoms with E-state index in [9.17, 15) is 4.79 Å². The largest absolute Gasteiger partial charge is 0.497 e. The Morgan fingerprint density at radius 3 is 2.96 bits per heavy atom. The molecule has 1 saturated heterocycles. The first kappa shape index (κ1) is 15.0. The van der Waals surface area contributed by atoms with Crippen LogP contribution < -0.4 is 15.4 Å². The highest BCUT2D eigenvalue weighted by Crippen LogP contribution is 2.58. The second-order valence-corrected chi connectivity index (χ2v) is 7.39. The van der Waals surface area contributed by atoms with Gasteiger partial charge < -0.3 is 15.4 Å². The van der Waals surface area contributed by atoms with Crippen molar-refractivity contribution in [2.75, 3.05) is 20.2 Å². The topological polar surface area (TPSA) is 50.4 Å². The number of carbonyl (C=O) groups is 1. The molecule has 1 aromatic carbocycles. The molecule has 2 atom stereocenters. The highest BCUT2D eigenvalue weighted by atomic mass is 16.5. The van der Waals surface area contributed by atoms with Gasteiger partial charge in [-0.1, -0.05) is 6.07 Å². The lowest BCUT2D eigenvalue weighted by molar-refractivity contribution is -0.124. The van der Waals surface area contributed by atoms with Gasteiger partial charge >= 0.3 is 0 Å². The van der Waals surface area contributed by atoms with Crippen LogP contribution in [0.4, 0.5) is 0 Å². The van der Waals surface area contributed by atoms with Crippen molar-refractivity contribution >= 4 is 5.91 Å². The minimum atomic E-state index is 0.177. The Morgan fingerprint density at radius 1 is 1.35 bits per heavy atom. The predicted molar refractivity (Wildman–Crippen MR) is 89.5 cm³/mol. The molecule has 3 aliphatic rings. The summed E-state index contributed by atoms with van der Waals surface area (Å²) in [4.78, 5) is 12.7. The summed E-state index contributed by atoms with van der Waals surface area (Å²) in [7, 11) is 1.70. The number of rotatable bonds is 3. The molecule has 1 spiro atoms. The third-order valence-corrected chi connectivity index (χ3v) is 6.09. The number of hydrogen-bond donors (Lipinski definition) is 2. The van der Waals surface area contributed by atoms with Crippen molar-refractivity contribution in [2.24, 2.45) is 11.3 Å². The second kappa shape index (κ2) is 5.82. The van der Waals surface area contributed by atoms with Crippen LogP contribution in [0.25, 0.3) is 0 Å². The van der Waals surface area contributed by atoms with Crippen LogP contribution in [0.2, 0.25) is 0 Å². The molecule has 2 aliphatic carbocycles. The number of fused-ring (bicyclic) bond motifs is 1. The number of hydrogen-bond acceptors (Lipinski definition) is 3. The zero-order chi connectivity index (χ0) is 15.9. The SMILES string of the molecule is COc1ccc2c(c1)CCCC2NC(=O)C1CC12CCNCC2. The molecule has 23 heavy (non-hydrogen) atoms. The number of piperidine rings is 1. The maximum atomic E-state index is 12.7. The molecule has 0 radical (unpaired) electrons. The molecule has 1 amide bonds. The highest BCUT2D eigenvalue weighted by Gasteiger charge is 2.57. The molecule has 124 valence electrons. The molecule has 2 fully saturated rings. The highest BCUT2D eigenvalue weighted by molar-refractivity contribution is 5.83. The summed E-state index contributed by atoms with van der Waals surface area (Å²) in [6.07, 6.45) is 6.66. The van der Waals surface area contributed by atoms with E-state index in [-0.39, 0.29) is 17.9 Å². The van der Waals surface area contributed by atoms with E-state index < -0.39 is 0 Å². The minimum absolute atomic E-state index is 0.177. The Balaban J connectivity index is 1.45. The van der Waals surface area contributed by atoms with Gasteiger partial charge in [0.15, 0.2) is 0 Å². The van der Waals surface area contributed by atoms with Crippen LogP contribution in [0.15, 0.2) is 18.2 Å². The summed E-state index contributed by atoms with van der Waals surface area (Å²) in [5.74, 6) is 1.43. The zero-order valence-corrected chi connectivity index (χ0v) is 13.9. The van der Waals surface area contributed by atoms with Crippen LogP contribution in [0.1, 0.15) is 49.3 Å². The Bertz CT molecular complexity index is 607. The van der Waals surface area contributed by atoms with Crippen LogP contribution in [0.5, 0.6) is 5.75 Å². The van der Waals surface area contributed by atoms with Crippen LogP contribution in [-0.4, -0.2) is 26.1 Å². The van der Waals surface area contributed by atoms with Crippen LogP contribution in [0, 0.1) is 11.3 Å². The van der Waals surface area contributed by atoms with E-state index in [4.69, 9.17) is 4.74 Å². The van der Waals surface area contributed by atoms with Crippen molar-refractivity contribution in [1.82, 2.24) is 10.6 Å². The fraction of sp³-hybridized carbons (Fsp3) is 0.632. The summed E-state index contributed by atoms with van der Waals surface area (Å²) >= 11 is 0. The maximum Gasteiger partial charge on any atom is 0.224 e. The van der Waals surface area contributed by atoms with E-state index >= 15 is 0 Å². The Morgan fingerprint density at radius 2 is 2.17 bits per heavy atom. The lowest BCUT2D eigenvalue weighted by atomic mass is 9.87. The molecule has 1 aromatic rings. The third-order valence-electron chi connectivity index (χ3n) is 6.09. The fourth-order valence-corrected chi connectivity index (χ4v) is 4.54. The van der Waals surface area contributed by atoms with E-state index in [1.807, 2.05) is 6.07 Å². The number of amides is 1. The van der Waals surface area contributed by atoms with Gasteiger partial charge in [-0.2, -0.15) is 0 Å². The van der Waals surface area contributed by atoms with Gasteiger partial charge in [0.25, 0.3) is 0 Å². The molecule has 4 rings (SSSR count). The number of carbonyl (C=O) groups excluding carboxylic acids is 1. The third kappa shape index (κ3) is 2.74. The minimum Gasteiger partial charge on any atom is -0.497 e. The van der Waals surface area contributed by atoms with E-state index in [2.05, 4.69) is 22.8 Å². The van der Waals surface area contributed by atoms with Gasteiger partial charge in [-0.3, -0.25) is 4.79 Å². The molecule has 1 heterocycles. The molecule has 4 nitrogen and oxygen atoms in total. The fourth-order valence-electron chi connectivity index (χ4n) is 4.54. The molecule has 1 saturated carbocycles. The molecule has 2 unspecified atom stereocenters. The Hall–Kier alpha value is -1.55. The smallest absolute Gasteiger partial charge is 0.224 e. The van der Waals surface area contributed by atoms with Crippen LogP contribution >= 0.6 is 0 Å². The molecule has 4 heteroatoms. The van der Waals surface area contributed by atoms with Crippen LogP contribution in [0.3, 0.4) is 0 Å². The summed E-state index contributed by atoms with van der Waals surface area (Å²) in [5, 5.41) is 6.75. The van der Waals surface area contributed by atoms with Gasteiger partial charge in [0.1, 0.15) is 5.75 Å². The van der Waals surface area contributed by atoms with Crippen molar-refractivity contribution in [3.05, 3.63) is 29.3 Å². The first-order valence-corrected chi connectivity index (χ1v) is 8.90. The maximum absolute atomic E-state index is 12.7. The molecule has 2 N–H and O–H groups in total. The Labute approximate surface area is 138 Å². The Kier molecular flexibility index (Phi) is 3.80. The van der Waals surface area contributed by atoms with E-state index in [0.29, 0.717) is 5.41 Å². The van der Waals surface area contributed by atoms with Gasteiger partial charge in [-0.25, -0.2) is 0 Å². The van der Waals surface area contributed by atoms with Gasteiger partial charge in [0.05, 0.1) is 13.2 Å². The first-order chi connectivity index (χ1) is 11.2. The van der Waals surface area contributed by atoms with Gasteiger partial charge in [-0.15, -0.1) is 0 Å². The molecular weight excluding hydrogens is 288 g/mol. The van der Waals surface area contributed by atoms with Gasteiger partial charge in [0, 0.05) is 5.92 Å². The second-order valence-electron chi connectivity index (χ2n) is 7.39. The quantitative estimate of drug-likeness (QED) is 0.901. The van der Waals surface area contributed by atoms with E-state index in [1.165, 1.54) is 11.1 Å². The number of benzene rings is 1. The first-order valence-electron chi connectivity index (χ1n) is 8.90. The summed E-state index contributed by atoms with van der Waals surface area (Å²) in [6, 6.07) is 6.44. The number of methoxy groups -OCH3 is 1. The van der Waals surface area contributed by atoms with E-state index in [0.717, 1.165) is 57.4 Å². The van der Waals surface area contributed by atoms with Crippen molar-refractivity contribution < 1.29 is 9.53 Å². The monoisotopic (exact) mass is 314 g/mol. The summed E-state index contributed by atoms with van der Waals surface area (Å²) < 4.78 is 5.33. The van der Waals surface area contributed by atoms with E-state index in [1.54, 1.807) is 7.11 Å². The standard InChI is InChI=1S/C19H26N2O2/c1-23-14-5-6-15-13(11-14)3-2-4-17(15)21-18(22)16-12-19(16)7-9-20-10-8-19/h5-6,11,16-17,20H,2-4,7-10,12H2,1H3,(H,21,22). The lowest BCUT2D eigenvalue weighted by Gasteiger charge is -2.28. The number of aryl methyl sites for hydroxylation is 1. The van der Waals surface area contributed by atoms with Crippen molar-refractivity contribution in [1.29, 1.82) is 0 Å². The lowest BCUT2D eigenvalue weighted by Crippen LogP contribution is -2.36. The van der Waals surface area contributed by atoms with Crippen LogP contribution in [-0.2, 0) is 11.2 Å². The average molecular weight is 314 g/mol. The summed E-state index contributed by atoms with van der Waals surface area (Å²) in [6.45, 7) is 2.13. The predicted octanol–water partition coefficient (Wildman–Crippen LogP) is 2.58. The molecular formula is C19H26N2O2. The van der Waals surface area contributed by atoms with Crippen molar-refractivity contribution in [3.63, 3.8) is 0 Å². The van der Waals surface area contributed by atoms with Gasteiger partial charge in [-0.05, 0) is 80.3 Å². The molecule has 1 aliphatic heterocycles. The number of nitrogens with one attached hydrogen (secondary N) is 2. The molecule has 0 aromatic heterocycles. The summed E-state index contributed by atoms with van der Waals surface area (Å²) in [5.41, 5.74) is 2.92. The van der Waals surface area contributed by atoms with Crippen molar-refractivity contribution in [2.45, 2.75) is 44.6 Å². The molecule has 0 bridgehead atoms. The zero-order valence-electron chi connectivity index (χ0n) is 13.9. The normalized spacial score (nSPS) is 28.0. The average Bonchev–Trinajstić information content (AvgIpc) is 3.28. The van der Waals surface area contributed by atoms with Gasteiger partial charge in [0.2, 0.25) is 5.91 Å². The number of ether oxygens (including phenoxy) is 1.